The van der Waals surface area contributed by atoms with Gasteiger partial charge in [-0.05, 0) is 43.5 Å². The highest BCUT2D eigenvalue weighted by Gasteiger charge is 2.28. The Balaban J connectivity index is 2.01. The standard InChI is InChI=1S/C17H21FN2O2/c1-10-3-4-14(18)13-7-11(2)17(19-16(10)13)20-6-5-12(9-21)15(22)8-20/h3-4,7,12,15,21-22H,5-6,8-9H2,1-2H3/t12-,15+/m0/s1. The SMILES string of the molecule is Cc1cc2c(F)ccc(C)c2nc1N1CC[C@@H](CO)[C@H](O)C1. The van der Waals surface area contributed by atoms with Crippen LogP contribution in [0.25, 0.3) is 10.9 Å². The minimum atomic E-state index is -0.566. The largest absolute Gasteiger partial charge is 0.396 e. The first-order chi connectivity index (χ1) is 10.5. The smallest absolute Gasteiger partial charge is 0.132 e. The molecule has 1 aromatic heterocycles. The molecular weight excluding hydrogens is 283 g/mol. The normalized spacial score (nSPS) is 22.3. The summed E-state index contributed by atoms with van der Waals surface area (Å²) in [5.74, 6) is 0.453. The lowest BCUT2D eigenvalue weighted by atomic mass is 9.94. The van der Waals surface area contributed by atoms with Gasteiger partial charge in [-0.15, -0.1) is 0 Å². The first-order valence-corrected chi connectivity index (χ1v) is 7.61. The maximum Gasteiger partial charge on any atom is 0.132 e. The molecule has 0 amide bonds. The van der Waals surface area contributed by atoms with Crippen molar-refractivity contribution in [2.24, 2.45) is 5.92 Å². The second-order valence-corrected chi connectivity index (χ2v) is 6.13. The van der Waals surface area contributed by atoms with E-state index >= 15 is 0 Å². The van der Waals surface area contributed by atoms with Crippen molar-refractivity contribution < 1.29 is 14.6 Å². The molecule has 0 unspecified atom stereocenters. The molecule has 0 bridgehead atoms. The van der Waals surface area contributed by atoms with Crippen molar-refractivity contribution in [3.8, 4) is 0 Å². The lowest BCUT2D eigenvalue weighted by Gasteiger charge is -2.36. The number of aryl methyl sites for hydroxylation is 2. The van der Waals surface area contributed by atoms with Gasteiger partial charge >= 0.3 is 0 Å². The van der Waals surface area contributed by atoms with E-state index in [4.69, 9.17) is 0 Å². The Hall–Kier alpha value is -1.72. The number of anilines is 1. The third-order valence-corrected chi connectivity index (χ3v) is 4.55. The van der Waals surface area contributed by atoms with E-state index in [1.807, 2.05) is 24.8 Å². The van der Waals surface area contributed by atoms with E-state index in [9.17, 15) is 14.6 Å². The minimum absolute atomic E-state index is 0.00343. The molecule has 118 valence electrons. The van der Waals surface area contributed by atoms with Crippen LogP contribution in [0.15, 0.2) is 18.2 Å². The van der Waals surface area contributed by atoms with Gasteiger partial charge in [0.15, 0.2) is 0 Å². The molecule has 4 nitrogen and oxygen atoms in total. The molecule has 2 heterocycles. The summed E-state index contributed by atoms with van der Waals surface area (Å²) < 4.78 is 14.0. The average Bonchev–Trinajstić information content (AvgIpc) is 2.50. The molecular formula is C17H21FN2O2. The number of nitrogens with zero attached hydrogens (tertiary/aromatic N) is 2. The van der Waals surface area contributed by atoms with E-state index in [-0.39, 0.29) is 18.3 Å². The summed E-state index contributed by atoms with van der Waals surface area (Å²) in [7, 11) is 0. The zero-order valence-corrected chi connectivity index (χ0v) is 12.9. The number of β-amino-alcohol motifs (C(OH)–C–C–N with tert-alkyl or cyclic N) is 1. The van der Waals surface area contributed by atoms with E-state index < -0.39 is 6.10 Å². The summed E-state index contributed by atoms with van der Waals surface area (Å²) in [5.41, 5.74) is 2.49. The van der Waals surface area contributed by atoms with Crippen LogP contribution in [0.5, 0.6) is 0 Å². The molecule has 1 saturated heterocycles. The summed E-state index contributed by atoms with van der Waals surface area (Å²) in [5, 5.41) is 19.9. The quantitative estimate of drug-likeness (QED) is 0.893. The highest BCUT2D eigenvalue weighted by atomic mass is 19.1. The number of hydrogen-bond donors (Lipinski definition) is 2. The van der Waals surface area contributed by atoms with Gasteiger partial charge in [0.2, 0.25) is 0 Å². The van der Waals surface area contributed by atoms with Crippen LogP contribution in [0.2, 0.25) is 0 Å². The van der Waals surface area contributed by atoms with Crippen molar-refractivity contribution >= 4 is 16.7 Å². The van der Waals surface area contributed by atoms with Crippen LogP contribution in [-0.2, 0) is 0 Å². The second-order valence-electron chi connectivity index (χ2n) is 6.13. The molecule has 0 aliphatic carbocycles. The highest BCUT2D eigenvalue weighted by Crippen LogP contribution is 2.29. The molecule has 2 aromatic rings. The zero-order valence-electron chi connectivity index (χ0n) is 12.9. The van der Waals surface area contributed by atoms with Gasteiger partial charge in [-0.2, -0.15) is 0 Å². The van der Waals surface area contributed by atoms with E-state index in [1.54, 1.807) is 6.07 Å². The molecule has 1 fully saturated rings. The highest BCUT2D eigenvalue weighted by molar-refractivity contribution is 5.85. The Morgan fingerprint density at radius 2 is 2.09 bits per heavy atom. The number of hydrogen-bond acceptors (Lipinski definition) is 4. The van der Waals surface area contributed by atoms with Crippen LogP contribution in [-0.4, -0.2) is 41.0 Å². The molecule has 3 rings (SSSR count). The first-order valence-electron chi connectivity index (χ1n) is 7.61. The topological polar surface area (TPSA) is 56.6 Å². The Morgan fingerprint density at radius 3 is 2.77 bits per heavy atom. The fourth-order valence-corrected chi connectivity index (χ4v) is 3.16. The Kier molecular flexibility index (Phi) is 4.02. The van der Waals surface area contributed by atoms with Crippen LogP contribution in [0.4, 0.5) is 10.2 Å². The van der Waals surface area contributed by atoms with Crippen LogP contribution in [0.1, 0.15) is 17.5 Å². The fraction of sp³-hybridized carbons (Fsp3) is 0.471. The van der Waals surface area contributed by atoms with Gasteiger partial charge in [0, 0.05) is 31.0 Å². The maximum absolute atomic E-state index is 14.0. The van der Waals surface area contributed by atoms with Crippen LogP contribution in [0.3, 0.4) is 0 Å². The minimum Gasteiger partial charge on any atom is -0.396 e. The summed E-state index contributed by atoms with van der Waals surface area (Å²) in [6.07, 6.45) is 0.156. The Bertz CT molecular complexity index is 705. The van der Waals surface area contributed by atoms with E-state index in [1.165, 1.54) is 6.07 Å². The number of rotatable bonds is 2. The number of fused-ring (bicyclic) bond motifs is 1. The van der Waals surface area contributed by atoms with Gasteiger partial charge in [-0.3, -0.25) is 0 Å². The molecule has 0 radical (unpaired) electrons. The molecule has 2 N–H and O–H groups in total. The third kappa shape index (κ3) is 2.55. The molecule has 1 aromatic carbocycles. The lowest BCUT2D eigenvalue weighted by Crippen LogP contribution is -2.45. The number of aliphatic hydroxyl groups is 2. The number of pyridine rings is 1. The van der Waals surface area contributed by atoms with Crippen LogP contribution >= 0.6 is 0 Å². The summed E-state index contributed by atoms with van der Waals surface area (Å²) in [4.78, 5) is 6.68. The van der Waals surface area contributed by atoms with Gasteiger partial charge < -0.3 is 15.1 Å². The number of halogens is 1. The molecule has 1 aliphatic rings. The van der Waals surface area contributed by atoms with Gasteiger partial charge in [0.1, 0.15) is 11.6 Å². The van der Waals surface area contributed by atoms with E-state index in [2.05, 4.69) is 4.98 Å². The number of benzene rings is 1. The average molecular weight is 304 g/mol. The van der Waals surface area contributed by atoms with Crippen LogP contribution in [0, 0.1) is 25.6 Å². The van der Waals surface area contributed by atoms with Crippen LogP contribution < -0.4 is 4.90 Å². The molecule has 2 atom stereocenters. The van der Waals surface area contributed by atoms with Crippen molar-refractivity contribution in [1.82, 2.24) is 4.98 Å². The lowest BCUT2D eigenvalue weighted by molar-refractivity contribution is 0.0546. The van der Waals surface area contributed by atoms with Gasteiger partial charge in [-0.1, -0.05) is 6.07 Å². The monoisotopic (exact) mass is 304 g/mol. The zero-order chi connectivity index (χ0) is 15.9. The van der Waals surface area contributed by atoms with Crippen molar-refractivity contribution in [1.29, 1.82) is 0 Å². The second kappa shape index (κ2) is 5.82. The predicted octanol–water partition coefficient (Wildman–Crippen LogP) is 2.17. The third-order valence-electron chi connectivity index (χ3n) is 4.55. The van der Waals surface area contributed by atoms with Crippen molar-refractivity contribution in [2.45, 2.75) is 26.4 Å². The molecule has 22 heavy (non-hydrogen) atoms. The summed E-state index contributed by atoms with van der Waals surface area (Å²) in [6.45, 7) is 5.01. The predicted molar refractivity (Wildman–Crippen MR) is 84.6 cm³/mol. The number of aromatic nitrogens is 1. The first kappa shape index (κ1) is 15.2. The number of piperidine rings is 1. The van der Waals surface area contributed by atoms with Crippen molar-refractivity contribution in [3.05, 3.63) is 35.1 Å². The molecule has 5 heteroatoms. The number of aliphatic hydroxyl groups excluding tert-OH is 2. The van der Waals surface area contributed by atoms with Gasteiger partial charge in [-0.25, -0.2) is 9.37 Å². The van der Waals surface area contributed by atoms with Crippen molar-refractivity contribution in [2.75, 3.05) is 24.6 Å². The Labute approximate surface area is 129 Å². The molecule has 0 saturated carbocycles. The van der Waals surface area contributed by atoms with E-state index in [0.717, 1.165) is 29.9 Å². The Morgan fingerprint density at radius 1 is 1.32 bits per heavy atom. The maximum atomic E-state index is 14.0. The molecule has 1 aliphatic heterocycles. The molecule has 0 spiro atoms. The van der Waals surface area contributed by atoms with Crippen molar-refractivity contribution in [3.63, 3.8) is 0 Å². The van der Waals surface area contributed by atoms with E-state index in [0.29, 0.717) is 17.4 Å². The van der Waals surface area contributed by atoms with Gasteiger partial charge in [0.25, 0.3) is 0 Å². The fourth-order valence-electron chi connectivity index (χ4n) is 3.16. The summed E-state index contributed by atoms with van der Waals surface area (Å²) >= 11 is 0. The van der Waals surface area contributed by atoms with Gasteiger partial charge in [0.05, 0.1) is 11.6 Å². The summed E-state index contributed by atoms with van der Waals surface area (Å²) in [6, 6.07) is 5.02.